The highest BCUT2D eigenvalue weighted by Crippen LogP contribution is 2.21. The Hall–Kier alpha value is -1.92. The van der Waals surface area contributed by atoms with E-state index in [0.29, 0.717) is 5.56 Å². The van der Waals surface area contributed by atoms with E-state index >= 15 is 0 Å². The Morgan fingerprint density at radius 1 is 0.842 bits per heavy atom. The van der Waals surface area contributed by atoms with Crippen molar-refractivity contribution < 1.29 is 28.5 Å². The minimum atomic E-state index is -0.687. The molecule has 0 N–H and O–H groups in total. The predicted octanol–water partition coefficient (Wildman–Crippen LogP) is 1.55. The van der Waals surface area contributed by atoms with Crippen LogP contribution in [0.5, 0.6) is 0 Å². The van der Waals surface area contributed by atoms with Gasteiger partial charge in [0.05, 0.1) is 25.3 Å². The maximum atomic E-state index is 11.6. The molecule has 0 spiro atoms. The van der Waals surface area contributed by atoms with Gasteiger partial charge in [0.1, 0.15) is 0 Å². The summed E-state index contributed by atoms with van der Waals surface area (Å²) in [6, 6.07) is 4.47. The van der Waals surface area contributed by atoms with Crippen LogP contribution in [0, 0.1) is 0 Å². The fourth-order valence-electron chi connectivity index (χ4n) is 1.63. The van der Waals surface area contributed by atoms with Crippen LogP contribution in [0.2, 0.25) is 0 Å². The quantitative estimate of drug-likeness (QED) is 0.596. The molecule has 0 saturated heterocycles. The highest BCUT2D eigenvalue weighted by Gasteiger charge is 2.18. The van der Waals surface area contributed by atoms with Crippen molar-refractivity contribution in [3.63, 3.8) is 0 Å². The Morgan fingerprint density at radius 2 is 1.26 bits per heavy atom. The second-order valence-corrected chi connectivity index (χ2v) is 3.63. The summed E-state index contributed by atoms with van der Waals surface area (Å²) in [6.45, 7) is 0. The molecular formula is C13H16O6. The largest absolute Gasteiger partial charge is 0.465 e. The van der Waals surface area contributed by atoms with Gasteiger partial charge in [0.25, 0.3) is 0 Å². The molecule has 0 aliphatic rings. The summed E-state index contributed by atoms with van der Waals surface area (Å²) in [5.41, 5.74) is 0.965. The first-order valence-corrected chi connectivity index (χ1v) is 5.44. The highest BCUT2D eigenvalue weighted by atomic mass is 16.7. The topological polar surface area (TPSA) is 71.1 Å². The number of esters is 2. The Labute approximate surface area is 111 Å². The molecule has 0 bridgehead atoms. The second-order valence-electron chi connectivity index (χ2n) is 3.63. The van der Waals surface area contributed by atoms with Gasteiger partial charge in [-0.2, -0.15) is 0 Å². The molecule has 1 rings (SSSR count). The molecular weight excluding hydrogens is 252 g/mol. The van der Waals surface area contributed by atoms with Crippen LogP contribution in [0.25, 0.3) is 0 Å². The molecule has 0 atom stereocenters. The maximum Gasteiger partial charge on any atom is 0.337 e. The monoisotopic (exact) mass is 268 g/mol. The molecule has 0 aliphatic carbocycles. The van der Waals surface area contributed by atoms with Gasteiger partial charge in [-0.25, -0.2) is 9.59 Å². The summed E-state index contributed by atoms with van der Waals surface area (Å²) in [5.74, 6) is -1.11. The molecule has 1 aromatic carbocycles. The second kappa shape index (κ2) is 6.86. The van der Waals surface area contributed by atoms with Crippen molar-refractivity contribution in [2.24, 2.45) is 0 Å². The van der Waals surface area contributed by atoms with Crippen molar-refractivity contribution in [3.05, 3.63) is 34.9 Å². The van der Waals surface area contributed by atoms with Crippen molar-refractivity contribution in [1.82, 2.24) is 0 Å². The summed E-state index contributed by atoms with van der Waals surface area (Å²) >= 11 is 0. The summed E-state index contributed by atoms with van der Waals surface area (Å²) < 4.78 is 19.5. The van der Waals surface area contributed by atoms with E-state index in [1.54, 1.807) is 0 Å². The molecule has 0 unspecified atom stereocenters. The van der Waals surface area contributed by atoms with Gasteiger partial charge in [-0.1, -0.05) is 0 Å². The molecule has 0 radical (unpaired) electrons. The first kappa shape index (κ1) is 15.1. The Morgan fingerprint density at radius 3 is 1.58 bits per heavy atom. The molecule has 6 nitrogen and oxygen atoms in total. The van der Waals surface area contributed by atoms with E-state index in [2.05, 4.69) is 9.47 Å². The van der Waals surface area contributed by atoms with Crippen molar-refractivity contribution in [3.8, 4) is 0 Å². The molecule has 6 heteroatoms. The lowest BCUT2D eigenvalue weighted by Gasteiger charge is -2.15. The van der Waals surface area contributed by atoms with Crippen molar-refractivity contribution in [1.29, 1.82) is 0 Å². The third-order valence-electron chi connectivity index (χ3n) is 2.50. The number of hydrogen-bond acceptors (Lipinski definition) is 6. The molecule has 0 aromatic heterocycles. The van der Waals surface area contributed by atoms with E-state index in [1.807, 2.05) is 0 Å². The first-order chi connectivity index (χ1) is 9.07. The van der Waals surface area contributed by atoms with E-state index in [4.69, 9.17) is 9.47 Å². The molecule has 0 heterocycles. The molecule has 104 valence electrons. The van der Waals surface area contributed by atoms with Gasteiger partial charge in [0.2, 0.25) is 0 Å². The van der Waals surface area contributed by atoms with Crippen molar-refractivity contribution in [2.75, 3.05) is 28.4 Å². The number of carbonyl (C=O) groups excluding carboxylic acids is 2. The van der Waals surface area contributed by atoms with Crippen LogP contribution in [0.1, 0.15) is 32.6 Å². The third-order valence-corrected chi connectivity index (χ3v) is 2.50. The fourth-order valence-corrected chi connectivity index (χ4v) is 1.63. The molecule has 0 amide bonds. The van der Waals surface area contributed by atoms with Crippen LogP contribution in [-0.2, 0) is 18.9 Å². The van der Waals surface area contributed by atoms with Crippen LogP contribution in [0.3, 0.4) is 0 Å². The summed E-state index contributed by atoms with van der Waals surface area (Å²) in [5, 5.41) is 0. The summed E-state index contributed by atoms with van der Waals surface area (Å²) in [6.07, 6.45) is -0.687. The van der Waals surface area contributed by atoms with E-state index in [9.17, 15) is 9.59 Å². The number of hydrogen-bond donors (Lipinski definition) is 0. The molecule has 1 aromatic rings. The van der Waals surface area contributed by atoms with E-state index in [1.165, 1.54) is 46.6 Å². The molecule has 0 aliphatic heterocycles. The lowest BCUT2D eigenvalue weighted by molar-refractivity contribution is -0.106. The SMILES string of the molecule is COC(=O)c1cc(C(=O)OC)cc(C(OC)OC)c1. The van der Waals surface area contributed by atoms with Crippen LogP contribution in [-0.4, -0.2) is 40.4 Å². The zero-order valence-electron chi connectivity index (χ0n) is 11.3. The van der Waals surface area contributed by atoms with Gasteiger partial charge in [-0.05, 0) is 18.2 Å². The van der Waals surface area contributed by atoms with Crippen LogP contribution in [0.4, 0.5) is 0 Å². The van der Waals surface area contributed by atoms with Gasteiger partial charge >= 0.3 is 11.9 Å². The van der Waals surface area contributed by atoms with Crippen LogP contribution in [0.15, 0.2) is 18.2 Å². The number of ether oxygens (including phenoxy) is 4. The number of methoxy groups -OCH3 is 4. The Bertz CT molecular complexity index is 430. The fraction of sp³-hybridized carbons (Fsp3) is 0.385. The summed E-state index contributed by atoms with van der Waals surface area (Å²) in [7, 11) is 5.43. The first-order valence-electron chi connectivity index (χ1n) is 5.44. The van der Waals surface area contributed by atoms with Gasteiger partial charge in [0, 0.05) is 19.8 Å². The van der Waals surface area contributed by atoms with E-state index < -0.39 is 18.2 Å². The Kier molecular flexibility index (Phi) is 5.47. The van der Waals surface area contributed by atoms with Gasteiger partial charge in [-0.3, -0.25) is 0 Å². The van der Waals surface area contributed by atoms with Gasteiger partial charge in [-0.15, -0.1) is 0 Å². The number of benzene rings is 1. The Balaban J connectivity index is 3.31. The molecule has 19 heavy (non-hydrogen) atoms. The maximum absolute atomic E-state index is 11.6. The normalized spacial score (nSPS) is 10.4. The number of carbonyl (C=O) groups is 2. The third kappa shape index (κ3) is 3.52. The van der Waals surface area contributed by atoms with Crippen LogP contribution >= 0.6 is 0 Å². The highest BCUT2D eigenvalue weighted by molar-refractivity contribution is 5.95. The number of rotatable bonds is 5. The zero-order chi connectivity index (χ0) is 14.4. The standard InChI is InChI=1S/C13H16O6/c1-16-11(14)8-5-9(12(15)17-2)7-10(6-8)13(18-3)19-4/h5-7,13H,1-4H3. The van der Waals surface area contributed by atoms with Crippen LogP contribution < -0.4 is 0 Å². The summed E-state index contributed by atoms with van der Waals surface area (Å²) in [4.78, 5) is 23.1. The molecule has 0 saturated carbocycles. The van der Waals surface area contributed by atoms with Crippen molar-refractivity contribution >= 4 is 11.9 Å². The van der Waals surface area contributed by atoms with E-state index in [-0.39, 0.29) is 11.1 Å². The average Bonchev–Trinajstić information content (AvgIpc) is 2.46. The molecule has 0 fully saturated rings. The lowest BCUT2D eigenvalue weighted by atomic mass is 10.1. The van der Waals surface area contributed by atoms with E-state index in [0.717, 1.165) is 0 Å². The van der Waals surface area contributed by atoms with Gasteiger partial charge in [0.15, 0.2) is 6.29 Å². The van der Waals surface area contributed by atoms with Gasteiger partial charge < -0.3 is 18.9 Å². The lowest BCUT2D eigenvalue weighted by Crippen LogP contribution is -2.11. The smallest absolute Gasteiger partial charge is 0.337 e. The average molecular weight is 268 g/mol. The predicted molar refractivity (Wildman–Crippen MR) is 65.9 cm³/mol. The minimum Gasteiger partial charge on any atom is -0.465 e. The zero-order valence-corrected chi connectivity index (χ0v) is 11.3. The van der Waals surface area contributed by atoms with Crippen molar-refractivity contribution in [2.45, 2.75) is 6.29 Å². The minimum absolute atomic E-state index is 0.222.